The number of ether oxygens (including phenoxy) is 2. The first kappa shape index (κ1) is 21.2. The second kappa shape index (κ2) is 9.71. The predicted octanol–water partition coefficient (Wildman–Crippen LogP) is 1.19. The molecule has 0 spiro atoms. The molecule has 1 saturated carbocycles. The number of esters is 1. The van der Waals surface area contributed by atoms with Crippen LogP contribution in [0.1, 0.15) is 29.8 Å². The molecule has 1 aromatic rings. The minimum atomic E-state index is -0.929. The van der Waals surface area contributed by atoms with Gasteiger partial charge in [0.05, 0.1) is 6.61 Å². The van der Waals surface area contributed by atoms with Crippen LogP contribution in [0, 0.1) is 25.2 Å². The molecule has 0 saturated heterocycles. The summed E-state index contributed by atoms with van der Waals surface area (Å²) < 4.78 is 11.9. The third-order valence-electron chi connectivity index (χ3n) is 4.27. The van der Waals surface area contributed by atoms with E-state index in [1.165, 1.54) is 6.08 Å². The number of aryl methyl sites for hydroxylation is 1. The summed E-state index contributed by atoms with van der Waals surface area (Å²) >= 11 is 0. The minimum absolute atomic E-state index is 0.103. The van der Waals surface area contributed by atoms with Gasteiger partial charge in [-0.2, -0.15) is 5.26 Å². The fourth-order valence-electron chi connectivity index (χ4n) is 2.61. The third kappa shape index (κ3) is 5.96. The van der Waals surface area contributed by atoms with Crippen molar-refractivity contribution in [3.63, 3.8) is 0 Å². The zero-order valence-corrected chi connectivity index (χ0v) is 16.2. The Morgan fingerprint density at radius 1 is 1.36 bits per heavy atom. The van der Waals surface area contributed by atoms with Crippen molar-refractivity contribution in [1.82, 2.24) is 15.2 Å². The molecular formula is C19H24N4O5. The lowest BCUT2D eigenvalue weighted by molar-refractivity contribution is -0.144. The highest BCUT2D eigenvalue weighted by molar-refractivity contribution is 6.00. The first-order valence-corrected chi connectivity index (χ1v) is 8.90. The highest BCUT2D eigenvalue weighted by Crippen LogP contribution is 2.19. The number of imide groups is 1. The van der Waals surface area contributed by atoms with Crippen LogP contribution in [-0.4, -0.2) is 48.8 Å². The van der Waals surface area contributed by atoms with Crippen LogP contribution in [0.4, 0.5) is 4.79 Å². The molecule has 1 fully saturated rings. The number of aromatic nitrogens is 1. The summed E-state index contributed by atoms with van der Waals surface area (Å²) in [5, 5.41) is 13.9. The molecule has 2 N–H and O–H groups in total. The zero-order valence-electron chi connectivity index (χ0n) is 16.2. The van der Waals surface area contributed by atoms with Gasteiger partial charge in [-0.25, -0.2) is 9.59 Å². The van der Waals surface area contributed by atoms with Crippen LogP contribution in [0.5, 0.6) is 0 Å². The molecule has 2 rings (SSSR count). The molecule has 9 nitrogen and oxygen atoms in total. The lowest BCUT2D eigenvalue weighted by Gasteiger charge is -2.08. The molecule has 1 aliphatic rings. The van der Waals surface area contributed by atoms with Gasteiger partial charge in [-0.15, -0.1) is 0 Å². The number of carbonyl (C=O) groups is 3. The number of hydrogen-bond donors (Lipinski definition) is 2. The highest BCUT2D eigenvalue weighted by atomic mass is 16.5. The smallest absolute Gasteiger partial charge is 0.349 e. The van der Waals surface area contributed by atoms with Gasteiger partial charge in [0.25, 0.3) is 5.91 Å². The average Bonchev–Trinajstić information content (AvgIpc) is 3.42. The number of hydrogen-bond acceptors (Lipinski definition) is 6. The average molecular weight is 388 g/mol. The maximum absolute atomic E-state index is 12.1. The molecule has 0 aromatic carbocycles. The third-order valence-corrected chi connectivity index (χ3v) is 4.27. The minimum Gasteiger partial charge on any atom is -0.451 e. The summed E-state index contributed by atoms with van der Waals surface area (Å²) in [5.41, 5.74) is 2.31. The van der Waals surface area contributed by atoms with Crippen LogP contribution in [0.2, 0.25) is 0 Å². The van der Waals surface area contributed by atoms with Crippen LogP contribution in [0.15, 0.2) is 11.6 Å². The molecule has 0 unspecified atom stereocenters. The zero-order chi connectivity index (χ0) is 20.7. The second-order valence-corrected chi connectivity index (χ2v) is 6.51. The molecule has 1 heterocycles. The number of rotatable bonds is 8. The van der Waals surface area contributed by atoms with E-state index in [1.807, 2.05) is 24.5 Å². The van der Waals surface area contributed by atoms with E-state index in [0.29, 0.717) is 18.7 Å². The Hall–Kier alpha value is -3.12. The lowest BCUT2D eigenvalue weighted by Crippen LogP contribution is -2.42. The van der Waals surface area contributed by atoms with Crippen molar-refractivity contribution in [1.29, 1.82) is 5.26 Å². The predicted molar refractivity (Wildman–Crippen MR) is 100 cm³/mol. The number of methoxy groups -OCH3 is 1. The maximum atomic E-state index is 12.1. The summed E-state index contributed by atoms with van der Waals surface area (Å²) in [5.74, 6) is -1.69. The number of amides is 3. The van der Waals surface area contributed by atoms with E-state index in [9.17, 15) is 19.6 Å². The molecule has 9 heteroatoms. The Labute approximate surface area is 163 Å². The van der Waals surface area contributed by atoms with Gasteiger partial charge in [0.15, 0.2) is 6.61 Å². The summed E-state index contributed by atoms with van der Waals surface area (Å²) in [7, 11) is 1.62. The maximum Gasteiger partial charge on any atom is 0.349 e. The monoisotopic (exact) mass is 388 g/mol. The van der Waals surface area contributed by atoms with Gasteiger partial charge >= 0.3 is 12.0 Å². The first-order chi connectivity index (χ1) is 13.3. The molecular weight excluding hydrogens is 364 g/mol. The standard InChI is InChI=1S/C19H24N4O5/c1-12-8-14(13(2)23(12)6-7-27-3)9-15(10-20)18(25)28-11-17(24)22-19(26)21-16-4-5-16/h8-9,16H,4-7,11H2,1-3H3,(H2,21,22,24,26)/b15-9+. The normalized spacial score (nSPS) is 13.6. The Kier molecular flexibility index (Phi) is 7.35. The fourth-order valence-corrected chi connectivity index (χ4v) is 2.61. The number of nitrogens with one attached hydrogen (secondary N) is 2. The highest BCUT2D eigenvalue weighted by Gasteiger charge is 2.24. The van der Waals surface area contributed by atoms with Crippen LogP contribution in [0.25, 0.3) is 6.08 Å². The quantitative estimate of drug-likeness (QED) is 0.392. The van der Waals surface area contributed by atoms with Crippen LogP contribution < -0.4 is 10.6 Å². The van der Waals surface area contributed by atoms with Gasteiger partial charge in [0.2, 0.25) is 0 Å². The van der Waals surface area contributed by atoms with Gasteiger partial charge in [-0.05, 0) is 44.4 Å². The van der Waals surface area contributed by atoms with E-state index in [0.717, 1.165) is 24.2 Å². The topological polar surface area (TPSA) is 122 Å². The van der Waals surface area contributed by atoms with E-state index >= 15 is 0 Å². The van der Waals surface area contributed by atoms with Gasteiger partial charge in [-0.3, -0.25) is 10.1 Å². The lowest BCUT2D eigenvalue weighted by atomic mass is 10.1. The SMILES string of the molecule is COCCn1c(C)cc(/C=C(\C#N)C(=O)OCC(=O)NC(=O)NC2CC2)c1C. The van der Waals surface area contributed by atoms with Crippen LogP contribution >= 0.6 is 0 Å². The molecule has 3 amide bonds. The van der Waals surface area contributed by atoms with Crippen molar-refractivity contribution in [2.45, 2.75) is 39.3 Å². The Bertz CT molecular complexity index is 830. The summed E-state index contributed by atoms with van der Waals surface area (Å²) in [6.45, 7) is 4.33. The molecule has 0 radical (unpaired) electrons. The van der Waals surface area contributed by atoms with Gasteiger partial charge < -0.3 is 19.4 Å². The first-order valence-electron chi connectivity index (χ1n) is 8.90. The largest absolute Gasteiger partial charge is 0.451 e. The summed E-state index contributed by atoms with van der Waals surface area (Å²) in [6.07, 6.45) is 3.20. The van der Waals surface area contributed by atoms with Gasteiger partial charge in [0, 0.05) is 31.1 Å². The van der Waals surface area contributed by atoms with E-state index in [1.54, 1.807) is 13.2 Å². The molecule has 0 bridgehead atoms. The van der Waals surface area contributed by atoms with Crippen molar-refractivity contribution in [2.75, 3.05) is 20.3 Å². The Morgan fingerprint density at radius 2 is 2.07 bits per heavy atom. The Balaban J connectivity index is 1.96. The van der Waals surface area contributed by atoms with E-state index in [-0.39, 0.29) is 11.6 Å². The van der Waals surface area contributed by atoms with Crippen LogP contribution in [-0.2, 0) is 25.6 Å². The molecule has 0 aliphatic heterocycles. The summed E-state index contributed by atoms with van der Waals surface area (Å²) in [4.78, 5) is 35.2. The van der Waals surface area contributed by atoms with Gasteiger partial charge in [0.1, 0.15) is 11.6 Å². The fraction of sp³-hybridized carbons (Fsp3) is 0.474. The van der Waals surface area contributed by atoms with Crippen molar-refractivity contribution in [3.8, 4) is 6.07 Å². The molecule has 150 valence electrons. The summed E-state index contributed by atoms with van der Waals surface area (Å²) in [6, 6.07) is 3.12. The molecule has 0 atom stereocenters. The van der Waals surface area contributed by atoms with Crippen molar-refractivity contribution < 1.29 is 23.9 Å². The number of nitriles is 1. The van der Waals surface area contributed by atoms with E-state index in [2.05, 4.69) is 10.6 Å². The van der Waals surface area contributed by atoms with Crippen LogP contribution in [0.3, 0.4) is 0 Å². The van der Waals surface area contributed by atoms with Crippen molar-refractivity contribution >= 4 is 24.0 Å². The van der Waals surface area contributed by atoms with E-state index < -0.39 is 24.5 Å². The van der Waals surface area contributed by atoms with Crippen molar-refractivity contribution in [2.24, 2.45) is 0 Å². The molecule has 1 aliphatic carbocycles. The number of nitrogens with zero attached hydrogens (tertiary/aromatic N) is 2. The van der Waals surface area contributed by atoms with Crippen molar-refractivity contribution in [3.05, 3.63) is 28.6 Å². The molecule has 28 heavy (non-hydrogen) atoms. The second-order valence-electron chi connectivity index (χ2n) is 6.51. The van der Waals surface area contributed by atoms with E-state index in [4.69, 9.17) is 9.47 Å². The number of urea groups is 1. The Morgan fingerprint density at radius 3 is 2.68 bits per heavy atom. The van der Waals surface area contributed by atoms with Gasteiger partial charge in [-0.1, -0.05) is 0 Å². The number of carbonyl (C=O) groups excluding carboxylic acids is 3. The molecule has 1 aromatic heterocycles.